The van der Waals surface area contributed by atoms with Gasteiger partial charge < -0.3 is 10.0 Å². The van der Waals surface area contributed by atoms with E-state index in [4.69, 9.17) is 11.6 Å². The molecule has 1 aliphatic rings. The Hall–Kier alpha value is -1.13. The summed E-state index contributed by atoms with van der Waals surface area (Å²) in [6, 6.07) is 3.14. The van der Waals surface area contributed by atoms with Crippen LogP contribution in [0.2, 0.25) is 5.02 Å². The van der Waals surface area contributed by atoms with Crippen LogP contribution in [-0.4, -0.2) is 39.6 Å². The molecule has 4 nitrogen and oxygen atoms in total. The molecule has 0 saturated carbocycles. The third-order valence-corrected chi connectivity index (χ3v) is 2.53. The van der Waals surface area contributed by atoms with Crippen molar-refractivity contribution >= 4 is 17.5 Å². The molecule has 80 valence electrons. The van der Waals surface area contributed by atoms with Gasteiger partial charge in [-0.2, -0.15) is 0 Å². The van der Waals surface area contributed by atoms with Crippen LogP contribution in [-0.2, 0) is 0 Å². The zero-order valence-electron chi connectivity index (χ0n) is 8.27. The van der Waals surface area contributed by atoms with Gasteiger partial charge in [0.25, 0.3) is 5.91 Å². The monoisotopic (exact) mass is 226 g/mol. The molecular weight excluding hydrogens is 216 g/mol. The van der Waals surface area contributed by atoms with Crippen LogP contribution in [0.15, 0.2) is 18.3 Å². The van der Waals surface area contributed by atoms with Crippen molar-refractivity contribution in [3.05, 3.63) is 29.0 Å². The van der Waals surface area contributed by atoms with Crippen molar-refractivity contribution in [1.82, 2.24) is 9.88 Å². The minimum atomic E-state index is -0.756. The van der Waals surface area contributed by atoms with Gasteiger partial charge in [-0.3, -0.25) is 9.78 Å². The van der Waals surface area contributed by atoms with E-state index in [1.165, 1.54) is 12.3 Å². The van der Waals surface area contributed by atoms with Gasteiger partial charge in [0.1, 0.15) is 5.69 Å². The van der Waals surface area contributed by atoms with E-state index in [1.807, 2.05) is 0 Å². The summed E-state index contributed by atoms with van der Waals surface area (Å²) in [6.45, 7) is 2.39. The standard InChI is InChI=1S/C10H11ClN2O2/c1-10(15)5-13(6-10)9(14)8-4-7(11)2-3-12-8/h2-4,15H,5-6H2,1H3. The summed E-state index contributed by atoms with van der Waals surface area (Å²) in [5.74, 6) is -0.191. The lowest BCUT2D eigenvalue weighted by molar-refractivity contribution is -0.0670. The molecule has 1 aromatic rings. The minimum Gasteiger partial charge on any atom is -0.386 e. The number of halogens is 1. The molecule has 0 radical (unpaired) electrons. The predicted octanol–water partition coefficient (Wildman–Crippen LogP) is 0.942. The normalized spacial score (nSPS) is 18.5. The van der Waals surface area contributed by atoms with E-state index in [2.05, 4.69) is 4.98 Å². The summed E-state index contributed by atoms with van der Waals surface area (Å²) in [5, 5.41) is 9.98. The summed E-state index contributed by atoms with van der Waals surface area (Å²) in [6.07, 6.45) is 1.49. The van der Waals surface area contributed by atoms with Gasteiger partial charge in [-0.15, -0.1) is 0 Å². The average Bonchev–Trinajstić information content (AvgIpc) is 2.13. The molecule has 1 amide bonds. The maximum atomic E-state index is 11.8. The molecule has 1 saturated heterocycles. The van der Waals surface area contributed by atoms with Crippen molar-refractivity contribution in [2.24, 2.45) is 0 Å². The smallest absolute Gasteiger partial charge is 0.272 e. The number of rotatable bonds is 1. The van der Waals surface area contributed by atoms with E-state index in [0.717, 1.165) is 0 Å². The summed E-state index contributed by atoms with van der Waals surface area (Å²) >= 11 is 5.75. The highest BCUT2D eigenvalue weighted by atomic mass is 35.5. The van der Waals surface area contributed by atoms with Crippen LogP contribution >= 0.6 is 11.6 Å². The first-order chi connectivity index (χ1) is 6.98. The minimum absolute atomic E-state index is 0.191. The van der Waals surface area contributed by atoms with Crippen LogP contribution in [0.25, 0.3) is 0 Å². The molecule has 0 aliphatic carbocycles. The van der Waals surface area contributed by atoms with Gasteiger partial charge in [0.05, 0.1) is 18.7 Å². The van der Waals surface area contributed by atoms with E-state index in [0.29, 0.717) is 23.8 Å². The summed E-state index contributed by atoms with van der Waals surface area (Å²) in [4.78, 5) is 17.2. The van der Waals surface area contributed by atoms with Gasteiger partial charge >= 0.3 is 0 Å². The van der Waals surface area contributed by atoms with Crippen LogP contribution in [0, 0.1) is 0 Å². The highest BCUT2D eigenvalue weighted by molar-refractivity contribution is 6.30. The van der Waals surface area contributed by atoms with Crippen molar-refractivity contribution in [3.8, 4) is 0 Å². The van der Waals surface area contributed by atoms with Crippen LogP contribution < -0.4 is 0 Å². The van der Waals surface area contributed by atoms with Crippen molar-refractivity contribution in [3.63, 3.8) is 0 Å². The predicted molar refractivity (Wildman–Crippen MR) is 55.8 cm³/mol. The van der Waals surface area contributed by atoms with E-state index >= 15 is 0 Å². The summed E-state index contributed by atoms with van der Waals surface area (Å²) in [7, 11) is 0. The van der Waals surface area contributed by atoms with Gasteiger partial charge in [-0.1, -0.05) is 11.6 Å². The molecule has 0 spiro atoms. The molecule has 0 aromatic carbocycles. The van der Waals surface area contributed by atoms with E-state index < -0.39 is 5.60 Å². The van der Waals surface area contributed by atoms with Crippen LogP contribution in [0.5, 0.6) is 0 Å². The maximum absolute atomic E-state index is 11.8. The summed E-state index contributed by atoms with van der Waals surface area (Å²) < 4.78 is 0. The third kappa shape index (κ3) is 2.11. The van der Waals surface area contributed by atoms with Gasteiger partial charge in [-0.05, 0) is 19.1 Å². The number of amides is 1. The lowest BCUT2D eigenvalue weighted by Gasteiger charge is -2.43. The summed E-state index contributed by atoms with van der Waals surface area (Å²) in [5.41, 5.74) is -0.438. The number of nitrogens with zero attached hydrogens (tertiary/aromatic N) is 2. The Morgan fingerprint density at radius 3 is 2.87 bits per heavy atom. The van der Waals surface area contributed by atoms with Gasteiger partial charge in [0, 0.05) is 11.2 Å². The molecule has 1 N–H and O–H groups in total. The van der Waals surface area contributed by atoms with Crippen molar-refractivity contribution in [2.45, 2.75) is 12.5 Å². The second kappa shape index (κ2) is 3.47. The molecule has 2 rings (SSSR count). The Labute approximate surface area is 92.5 Å². The Morgan fingerprint density at radius 2 is 2.33 bits per heavy atom. The number of carbonyl (C=O) groups excluding carboxylic acids is 1. The number of carbonyl (C=O) groups is 1. The fourth-order valence-corrected chi connectivity index (χ4v) is 1.76. The highest BCUT2D eigenvalue weighted by Gasteiger charge is 2.39. The van der Waals surface area contributed by atoms with Crippen LogP contribution in [0.3, 0.4) is 0 Å². The number of hydrogen-bond donors (Lipinski definition) is 1. The van der Waals surface area contributed by atoms with Crippen LogP contribution in [0.1, 0.15) is 17.4 Å². The topological polar surface area (TPSA) is 53.4 Å². The highest BCUT2D eigenvalue weighted by Crippen LogP contribution is 2.22. The Morgan fingerprint density at radius 1 is 1.67 bits per heavy atom. The number of likely N-dealkylation sites (tertiary alicyclic amines) is 1. The first-order valence-electron chi connectivity index (χ1n) is 4.61. The quantitative estimate of drug-likeness (QED) is 0.776. The Bertz CT molecular complexity index is 398. The van der Waals surface area contributed by atoms with E-state index in [1.54, 1.807) is 17.9 Å². The fourth-order valence-electron chi connectivity index (χ4n) is 1.60. The number of aromatic nitrogens is 1. The van der Waals surface area contributed by atoms with Crippen LogP contribution in [0.4, 0.5) is 0 Å². The van der Waals surface area contributed by atoms with E-state index in [-0.39, 0.29) is 5.91 Å². The average molecular weight is 227 g/mol. The lowest BCUT2D eigenvalue weighted by atomic mass is 9.96. The zero-order valence-corrected chi connectivity index (χ0v) is 9.03. The van der Waals surface area contributed by atoms with Gasteiger partial charge in [0.15, 0.2) is 0 Å². The Balaban J connectivity index is 2.10. The SMILES string of the molecule is CC1(O)CN(C(=O)c2cc(Cl)ccn2)C1. The van der Waals surface area contributed by atoms with Crippen molar-refractivity contribution < 1.29 is 9.90 Å². The second-order valence-electron chi connectivity index (χ2n) is 4.02. The molecule has 1 aromatic heterocycles. The second-order valence-corrected chi connectivity index (χ2v) is 4.45. The Kier molecular flexibility index (Phi) is 2.40. The molecule has 5 heteroatoms. The van der Waals surface area contributed by atoms with E-state index in [9.17, 15) is 9.90 Å². The first kappa shape index (κ1) is 10.4. The lowest BCUT2D eigenvalue weighted by Crippen LogP contribution is -2.61. The first-order valence-corrected chi connectivity index (χ1v) is 4.99. The zero-order chi connectivity index (χ0) is 11.1. The maximum Gasteiger partial charge on any atom is 0.272 e. The molecule has 0 unspecified atom stereocenters. The molecule has 1 fully saturated rings. The molecule has 1 aliphatic heterocycles. The largest absolute Gasteiger partial charge is 0.386 e. The van der Waals surface area contributed by atoms with Gasteiger partial charge in [0.2, 0.25) is 0 Å². The number of pyridine rings is 1. The van der Waals surface area contributed by atoms with Crippen molar-refractivity contribution in [2.75, 3.05) is 13.1 Å². The molecule has 15 heavy (non-hydrogen) atoms. The number of β-amino-alcohol motifs (C(OH)–C–C–N with tert-alkyl or cyclic N) is 1. The molecule has 0 bridgehead atoms. The van der Waals surface area contributed by atoms with Crippen molar-refractivity contribution in [1.29, 1.82) is 0 Å². The third-order valence-electron chi connectivity index (χ3n) is 2.29. The molecule has 0 atom stereocenters. The molecule has 2 heterocycles. The van der Waals surface area contributed by atoms with Gasteiger partial charge in [-0.25, -0.2) is 0 Å². The number of hydrogen-bond acceptors (Lipinski definition) is 3. The number of aliphatic hydroxyl groups is 1. The molecular formula is C10H11ClN2O2. The fraction of sp³-hybridized carbons (Fsp3) is 0.400.